The van der Waals surface area contributed by atoms with Crippen molar-refractivity contribution in [3.63, 3.8) is 0 Å². The summed E-state index contributed by atoms with van der Waals surface area (Å²) in [6, 6.07) is 13.7. The zero-order valence-electron chi connectivity index (χ0n) is 15.4. The summed E-state index contributed by atoms with van der Waals surface area (Å²) in [6.45, 7) is 1.76. The quantitative estimate of drug-likeness (QED) is 0.316. The smallest absolute Gasteiger partial charge is 0.306 e. The molecule has 2 aromatic rings. The Balaban J connectivity index is 2.45. The molecule has 0 spiro atoms. The lowest BCUT2D eigenvalue weighted by molar-refractivity contribution is -0.0425. The van der Waals surface area contributed by atoms with E-state index < -0.39 is 10.1 Å². The summed E-state index contributed by atoms with van der Waals surface area (Å²) in [7, 11) is -0.340. The Labute approximate surface area is 164 Å². The molecule has 144 valence electrons. The number of benzene rings is 2. The lowest BCUT2D eigenvalue weighted by Gasteiger charge is -2.13. The maximum absolute atomic E-state index is 11.2. The number of rotatable bonds is 6. The predicted molar refractivity (Wildman–Crippen MR) is 107 cm³/mol. The summed E-state index contributed by atoms with van der Waals surface area (Å²) in [5.74, 6) is 0.775. The fourth-order valence-corrected chi connectivity index (χ4v) is 2.64. The van der Waals surface area contributed by atoms with Crippen molar-refractivity contribution in [2.75, 3.05) is 20.4 Å². The van der Waals surface area contributed by atoms with Crippen molar-refractivity contribution in [3.05, 3.63) is 64.7 Å². The molecule has 0 aliphatic carbocycles. The SMILES string of the molecule is CON(C)C(C)=N/N=C(/c1ccc(Cl)cc1)c1ccc(OS(C)(=O)=O)cc1. The first kappa shape index (κ1) is 20.9. The summed E-state index contributed by atoms with van der Waals surface area (Å²) in [4.78, 5) is 5.08. The molecule has 7 nitrogen and oxygen atoms in total. The van der Waals surface area contributed by atoms with Crippen LogP contribution in [0.3, 0.4) is 0 Å². The van der Waals surface area contributed by atoms with Gasteiger partial charge < -0.3 is 4.18 Å². The lowest BCUT2D eigenvalue weighted by Crippen LogP contribution is -2.22. The van der Waals surface area contributed by atoms with E-state index in [1.165, 1.54) is 12.2 Å². The van der Waals surface area contributed by atoms with Gasteiger partial charge in [0.05, 0.1) is 13.4 Å². The summed E-state index contributed by atoms with van der Waals surface area (Å²) >= 11 is 5.97. The van der Waals surface area contributed by atoms with Crippen LogP contribution in [0.15, 0.2) is 58.7 Å². The minimum Gasteiger partial charge on any atom is -0.383 e. The molecule has 0 atom stereocenters. The van der Waals surface area contributed by atoms with Crippen molar-refractivity contribution >= 4 is 33.3 Å². The van der Waals surface area contributed by atoms with E-state index in [1.807, 2.05) is 12.1 Å². The average Bonchev–Trinajstić information content (AvgIpc) is 2.62. The first-order valence-corrected chi connectivity index (χ1v) is 10.0. The van der Waals surface area contributed by atoms with Crippen LogP contribution in [0.2, 0.25) is 5.02 Å². The van der Waals surface area contributed by atoms with E-state index in [0.717, 1.165) is 17.4 Å². The molecule has 2 aromatic carbocycles. The van der Waals surface area contributed by atoms with Crippen LogP contribution in [0, 0.1) is 0 Å². The molecule has 0 radical (unpaired) electrons. The zero-order valence-corrected chi connectivity index (χ0v) is 17.0. The Morgan fingerprint density at radius 3 is 2.00 bits per heavy atom. The monoisotopic (exact) mass is 409 g/mol. The van der Waals surface area contributed by atoms with Gasteiger partial charge in [-0.15, -0.1) is 10.2 Å². The molecule has 0 fully saturated rings. The van der Waals surface area contributed by atoms with Crippen LogP contribution in [-0.4, -0.2) is 45.4 Å². The third kappa shape index (κ3) is 6.35. The van der Waals surface area contributed by atoms with E-state index in [4.69, 9.17) is 20.6 Å². The van der Waals surface area contributed by atoms with Gasteiger partial charge in [-0.05, 0) is 43.3 Å². The van der Waals surface area contributed by atoms with Crippen molar-refractivity contribution in [1.29, 1.82) is 0 Å². The van der Waals surface area contributed by atoms with Gasteiger partial charge in [-0.3, -0.25) is 4.84 Å². The molecule has 0 N–H and O–H groups in total. The van der Waals surface area contributed by atoms with Gasteiger partial charge in [0.2, 0.25) is 0 Å². The maximum Gasteiger partial charge on any atom is 0.306 e. The summed E-state index contributed by atoms with van der Waals surface area (Å²) < 4.78 is 27.4. The highest BCUT2D eigenvalue weighted by Gasteiger charge is 2.10. The van der Waals surface area contributed by atoms with E-state index in [9.17, 15) is 8.42 Å². The van der Waals surface area contributed by atoms with Gasteiger partial charge in [0.1, 0.15) is 17.3 Å². The van der Waals surface area contributed by atoms with Crippen LogP contribution in [0.5, 0.6) is 5.75 Å². The summed E-state index contributed by atoms with van der Waals surface area (Å²) in [5, 5.41) is 10.6. The Morgan fingerprint density at radius 1 is 1.00 bits per heavy atom. The van der Waals surface area contributed by atoms with Gasteiger partial charge in [0.15, 0.2) is 0 Å². The highest BCUT2D eigenvalue weighted by molar-refractivity contribution is 7.86. The number of halogens is 1. The number of hydrogen-bond donors (Lipinski definition) is 0. The van der Waals surface area contributed by atoms with Gasteiger partial charge >= 0.3 is 10.1 Å². The summed E-state index contributed by atoms with van der Waals surface area (Å²) in [6.07, 6.45) is 0.991. The topological polar surface area (TPSA) is 80.6 Å². The van der Waals surface area contributed by atoms with Crippen molar-refractivity contribution in [2.45, 2.75) is 6.92 Å². The van der Waals surface area contributed by atoms with E-state index in [0.29, 0.717) is 16.6 Å². The van der Waals surface area contributed by atoms with Crippen molar-refractivity contribution in [3.8, 4) is 5.75 Å². The molecule has 0 aliphatic rings. The fraction of sp³-hybridized carbons (Fsp3) is 0.222. The van der Waals surface area contributed by atoms with E-state index >= 15 is 0 Å². The third-order valence-electron chi connectivity index (χ3n) is 3.52. The normalized spacial score (nSPS) is 12.8. The van der Waals surface area contributed by atoms with Gasteiger partial charge in [-0.2, -0.15) is 8.42 Å². The van der Waals surface area contributed by atoms with Crippen LogP contribution < -0.4 is 4.18 Å². The zero-order chi connectivity index (χ0) is 20.0. The molecule has 2 rings (SSSR count). The Kier molecular flexibility index (Phi) is 6.95. The number of amidine groups is 1. The second kappa shape index (κ2) is 8.98. The molecule has 0 aromatic heterocycles. The van der Waals surface area contributed by atoms with Crippen LogP contribution in [0.4, 0.5) is 0 Å². The molecule has 9 heteroatoms. The van der Waals surface area contributed by atoms with Crippen molar-refractivity contribution < 1.29 is 17.4 Å². The Morgan fingerprint density at radius 2 is 1.52 bits per heavy atom. The van der Waals surface area contributed by atoms with Gasteiger partial charge in [0.25, 0.3) is 0 Å². The Hall–Kier alpha value is -2.42. The average molecular weight is 410 g/mol. The second-order valence-electron chi connectivity index (χ2n) is 5.59. The van der Waals surface area contributed by atoms with Crippen LogP contribution >= 0.6 is 11.6 Å². The van der Waals surface area contributed by atoms with Gasteiger partial charge in [-0.1, -0.05) is 23.7 Å². The van der Waals surface area contributed by atoms with E-state index in [2.05, 4.69) is 10.2 Å². The highest BCUT2D eigenvalue weighted by atomic mass is 35.5. The molecule has 0 unspecified atom stereocenters. The molecule has 0 heterocycles. The molecule has 0 amide bonds. The number of nitrogens with zero attached hydrogens (tertiary/aromatic N) is 3. The molecular formula is C18H20ClN3O4S. The fourth-order valence-electron chi connectivity index (χ4n) is 2.05. The minimum atomic E-state index is -3.59. The van der Waals surface area contributed by atoms with Crippen LogP contribution in [0.25, 0.3) is 0 Å². The first-order valence-electron chi connectivity index (χ1n) is 7.85. The third-order valence-corrected chi connectivity index (χ3v) is 4.26. The van der Waals surface area contributed by atoms with Crippen molar-refractivity contribution in [2.24, 2.45) is 10.2 Å². The molecule has 0 bridgehead atoms. The molecule has 0 saturated carbocycles. The minimum absolute atomic E-state index is 0.218. The van der Waals surface area contributed by atoms with Gasteiger partial charge in [0, 0.05) is 23.2 Å². The molecule has 0 saturated heterocycles. The number of hydrogen-bond acceptors (Lipinski definition) is 6. The molecular weight excluding hydrogens is 390 g/mol. The van der Waals surface area contributed by atoms with E-state index in [1.54, 1.807) is 50.4 Å². The van der Waals surface area contributed by atoms with Crippen molar-refractivity contribution in [1.82, 2.24) is 5.06 Å². The van der Waals surface area contributed by atoms with Crippen LogP contribution in [-0.2, 0) is 15.0 Å². The standard InChI is InChI=1S/C18H20ClN3O4S/c1-13(22(2)25-3)20-21-18(14-5-9-16(19)10-6-14)15-7-11-17(12-8-15)26-27(4,23)24/h5-12H,1-4H3/b20-13?,21-18-. The maximum atomic E-state index is 11.2. The molecule has 27 heavy (non-hydrogen) atoms. The van der Waals surface area contributed by atoms with E-state index in [-0.39, 0.29) is 5.75 Å². The lowest BCUT2D eigenvalue weighted by atomic mass is 10.0. The molecule has 0 aliphatic heterocycles. The summed E-state index contributed by atoms with van der Waals surface area (Å²) in [5.41, 5.74) is 2.11. The highest BCUT2D eigenvalue weighted by Crippen LogP contribution is 2.19. The van der Waals surface area contributed by atoms with Gasteiger partial charge in [-0.25, -0.2) is 5.06 Å². The number of hydroxylamine groups is 2. The second-order valence-corrected chi connectivity index (χ2v) is 7.61. The predicted octanol–water partition coefficient (Wildman–Crippen LogP) is 3.34. The Bertz CT molecular complexity index is 940. The first-order chi connectivity index (χ1) is 12.7. The van der Waals surface area contributed by atoms with Crippen LogP contribution in [0.1, 0.15) is 18.1 Å². The largest absolute Gasteiger partial charge is 0.383 e.